The van der Waals surface area contributed by atoms with Gasteiger partial charge in [-0.15, -0.1) is 0 Å². The Kier molecular flexibility index (Phi) is 4.95. The maximum Gasteiger partial charge on any atom is 0.141 e. The number of likely N-dealkylation sites (N-methyl/N-ethyl adjacent to an activating group) is 1. The quantitative estimate of drug-likeness (QED) is 0.911. The van der Waals surface area contributed by atoms with E-state index in [0.29, 0.717) is 19.8 Å². The Morgan fingerprint density at radius 3 is 2.94 bits per heavy atom. The van der Waals surface area contributed by atoms with Crippen LogP contribution >= 0.6 is 11.6 Å². The summed E-state index contributed by atoms with van der Waals surface area (Å²) in [5.41, 5.74) is 0.981. The van der Waals surface area contributed by atoms with Crippen molar-refractivity contribution < 1.29 is 13.9 Å². The minimum absolute atomic E-state index is 0.0209. The second kappa shape index (κ2) is 6.48. The highest BCUT2D eigenvalue weighted by atomic mass is 35.5. The highest BCUT2D eigenvalue weighted by Crippen LogP contribution is 2.18. The van der Waals surface area contributed by atoms with E-state index in [-0.39, 0.29) is 17.2 Å². The molecule has 0 aliphatic carbocycles. The fraction of sp³-hybridized carbons (Fsp3) is 0.538. The van der Waals surface area contributed by atoms with Gasteiger partial charge >= 0.3 is 0 Å². The number of halogens is 2. The van der Waals surface area contributed by atoms with E-state index in [1.54, 1.807) is 12.1 Å². The highest BCUT2D eigenvalue weighted by molar-refractivity contribution is 6.30. The molecular weight excluding hydrogens is 257 g/mol. The van der Waals surface area contributed by atoms with Gasteiger partial charge in [-0.25, -0.2) is 4.39 Å². The van der Waals surface area contributed by atoms with E-state index in [0.717, 1.165) is 12.0 Å². The Balaban J connectivity index is 2.02. The van der Waals surface area contributed by atoms with Gasteiger partial charge in [0.2, 0.25) is 0 Å². The van der Waals surface area contributed by atoms with Crippen molar-refractivity contribution in [2.24, 2.45) is 0 Å². The van der Waals surface area contributed by atoms with E-state index in [1.165, 1.54) is 6.07 Å². The Morgan fingerprint density at radius 2 is 2.33 bits per heavy atom. The molecule has 0 bridgehead atoms. The first kappa shape index (κ1) is 13.7. The number of hydrogen-bond donors (Lipinski definition) is 1. The minimum Gasteiger partial charge on any atom is -0.376 e. The average molecular weight is 274 g/mol. The van der Waals surface area contributed by atoms with Crippen LogP contribution in [0.5, 0.6) is 0 Å². The van der Waals surface area contributed by atoms with Gasteiger partial charge in [0, 0.05) is 6.04 Å². The number of nitrogens with one attached hydrogen (secondary N) is 1. The summed E-state index contributed by atoms with van der Waals surface area (Å²) in [6.45, 7) is 1.85. The second-order valence-corrected chi connectivity index (χ2v) is 4.74. The maximum absolute atomic E-state index is 13.1. The van der Waals surface area contributed by atoms with Gasteiger partial charge in [-0.2, -0.15) is 0 Å². The third kappa shape index (κ3) is 3.42. The molecular formula is C13H17ClFNO2. The van der Waals surface area contributed by atoms with Crippen molar-refractivity contribution in [3.63, 3.8) is 0 Å². The minimum atomic E-state index is -0.390. The average Bonchev–Trinajstić information content (AvgIpc) is 2.41. The van der Waals surface area contributed by atoms with Crippen molar-refractivity contribution in [2.75, 3.05) is 26.9 Å². The van der Waals surface area contributed by atoms with Gasteiger partial charge in [-0.05, 0) is 31.2 Å². The van der Waals surface area contributed by atoms with Crippen LogP contribution in [-0.4, -0.2) is 39.0 Å². The van der Waals surface area contributed by atoms with E-state index in [2.05, 4.69) is 5.32 Å². The predicted molar refractivity (Wildman–Crippen MR) is 68.5 cm³/mol. The molecule has 1 aliphatic rings. The summed E-state index contributed by atoms with van der Waals surface area (Å²) in [6.07, 6.45) is 0.748. The summed E-state index contributed by atoms with van der Waals surface area (Å²) in [5, 5.41) is 3.37. The molecule has 1 N–H and O–H groups in total. The van der Waals surface area contributed by atoms with Gasteiger partial charge in [0.15, 0.2) is 0 Å². The van der Waals surface area contributed by atoms with Crippen molar-refractivity contribution in [2.45, 2.75) is 18.6 Å². The third-order valence-electron chi connectivity index (χ3n) is 3.10. The van der Waals surface area contributed by atoms with Crippen LogP contribution in [0.2, 0.25) is 5.02 Å². The first-order valence-electron chi connectivity index (χ1n) is 6.01. The lowest BCUT2D eigenvalue weighted by Gasteiger charge is -2.30. The largest absolute Gasteiger partial charge is 0.376 e. The molecule has 2 rings (SSSR count). The number of rotatable bonds is 4. The molecule has 0 radical (unpaired) electrons. The van der Waals surface area contributed by atoms with E-state index < -0.39 is 5.82 Å². The van der Waals surface area contributed by atoms with Crippen LogP contribution in [-0.2, 0) is 15.9 Å². The van der Waals surface area contributed by atoms with Gasteiger partial charge in [0.05, 0.1) is 30.9 Å². The lowest BCUT2D eigenvalue weighted by molar-refractivity contribution is -0.100. The number of ether oxygens (including phenoxy) is 2. The van der Waals surface area contributed by atoms with Crippen molar-refractivity contribution in [3.8, 4) is 0 Å². The molecule has 2 atom stereocenters. The van der Waals surface area contributed by atoms with Crippen LogP contribution in [0.15, 0.2) is 18.2 Å². The standard InChI is InChI=1S/C13H17ClFNO2/c1-16-12(13-8-17-4-5-18-13)7-9-2-3-11(15)10(14)6-9/h2-3,6,12-13,16H,4-5,7-8H2,1H3. The lowest BCUT2D eigenvalue weighted by atomic mass is 10.0. The molecule has 3 nitrogen and oxygen atoms in total. The van der Waals surface area contributed by atoms with Crippen molar-refractivity contribution in [1.82, 2.24) is 5.32 Å². The molecule has 1 heterocycles. The molecule has 5 heteroatoms. The monoisotopic (exact) mass is 273 g/mol. The van der Waals surface area contributed by atoms with Gasteiger partial charge < -0.3 is 14.8 Å². The SMILES string of the molecule is CNC(Cc1ccc(F)c(Cl)c1)C1COCCO1. The molecule has 1 fully saturated rings. The highest BCUT2D eigenvalue weighted by Gasteiger charge is 2.24. The van der Waals surface area contributed by atoms with E-state index in [4.69, 9.17) is 21.1 Å². The lowest BCUT2D eigenvalue weighted by Crippen LogP contribution is -2.46. The summed E-state index contributed by atoms with van der Waals surface area (Å²) in [5.74, 6) is -0.390. The summed E-state index contributed by atoms with van der Waals surface area (Å²) in [6, 6.07) is 4.93. The summed E-state index contributed by atoms with van der Waals surface area (Å²) in [4.78, 5) is 0. The van der Waals surface area contributed by atoms with Gasteiger partial charge in [0.25, 0.3) is 0 Å². The molecule has 2 unspecified atom stereocenters. The molecule has 1 aromatic rings. The van der Waals surface area contributed by atoms with Crippen LogP contribution < -0.4 is 5.32 Å². The molecule has 0 aromatic heterocycles. The topological polar surface area (TPSA) is 30.5 Å². The molecule has 0 saturated carbocycles. The third-order valence-corrected chi connectivity index (χ3v) is 3.39. The molecule has 100 valence electrons. The fourth-order valence-electron chi connectivity index (χ4n) is 2.08. The van der Waals surface area contributed by atoms with Gasteiger partial charge in [-0.1, -0.05) is 17.7 Å². The van der Waals surface area contributed by atoms with Gasteiger partial charge in [-0.3, -0.25) is 0 Å². The molecule has 18 heavy (non-hydrogen) atoms. The van der Waals surface area contributed by atoms with E-state index in [1.807, 2.05) is 7.05 Å². The maximum atomic E-state index is 13.1. The van der Waals surface area contributed by atoms with E-state index in [9.17, 15) is 4.39 Å². The number of hydrogen-bond acceptors (Lipinski definition) is 3. The molecule has 0 spiro atoms. The first-order chi connectivity index (χ1) is 8.70. The zero-order valence-electron chi connectivity index (χ0n) is 10.3. The van der Waals surface area contributed by atoms with Crippen LogP contribution in [0.3, 0.4) is 0 Å². The Morgan fingerprint density at radius 1 is 1.50 bits per heavy atom. The Hall–Kier alpha value is -0.680. The Bertz CT molecular complexity index is 397. The zero-order valence-corrected chi connectivity index (χ0v) is 11.0. The molecule has 0 amide bonds. The molecule has 1 saturated heterocycles. The second-order valence-electron chi connectivity index (χ2n) is 4.33. The van der Waals surface area contributed by atoms with E-state index >= 15 is 0 Å². The summed E-state index contributed by atoms with van der Waals surface area (Å²) in [7, 11) is 1.88. The smallest absolute Gasteiger partial charge is 0.141 e. The van der Waals surface area contributed by atoms with Crippen LogP contribution in [0, 0.1) is 5.82 Å². The molecule has 1 aromatic carbocycles. The normalized spacial score (nSPS) is 21.8. The van der Waals surface area contributed by atoms with Crippen LogP contribution in [0.1, 0.15) is 5.56 Å². The fourth-order valence-corrected chi connectivity index (χ4v) is 2.28. The summed E-state index contributed by atoms with van der Waals surface area (Å²) >= 11 is 5.77. The first-order valence-corrected chi connectivity index (χ1v) is 6.39. The number of benzene rings is 1. The van der Waals surface area contributed by atoms with Crippen LogP contribution in [0.4, 0.5) is 4.39 Å². The van der Waals surface area contributed by atoms with Crippen molar-refractivity contribution >= 4 is 11.6 Å². The molecule has 1 aliphatic heterocycles. The van der Waals surface area contributed by atoms with Gasteiger partial charge in [0.1, 0.15) is 5.82 Å². The Labute approximate surface area is 111 Å². The predicted octanol–water partition coefficient (Wildman–Crippen LogP) is 2.02. The van der Waals surface area contributed by atoms with Crippen molar-refractivity contribution in [1.29, 1.82) is 0 Å². The van der Waals surface area contributed by atoms with Crippen LogP contribution in [0.25, 0.3) is 0 Å². The zero-order chi connectivity index (χ0) is 13.0. The summed E-state index contributed by atoms with van der Waals surface area (Å²) < 4.78 is 24.1. The van der Waals surface area contributed by atoms with Crippen molar-refractivity contribution in [3.05, 3.63) is 34.6 Å².